The molecule has 4 atom stereocenters. The highest BCUT2D eigenvalue weighted by molar-refractivity contribution is 6.35. The van der Waals surface area contributed by atoms with Crippen LogP contribution < -0.4 is 10.6 Å². The maximum Gasteiger partial charge on any atom is 0.251 e. The number of nitrogens with zero attached hydrogens (tertiary/aromatic N) is 1. The molecule has 0 aliphatic carbocycles. The van der Waals surface area contributed by atoms with Gasteiger partial charge in [-0.05, 0) is 53.9 Å². The molecule has 2 spiro atoms. The Morgan fingerprint density at radius 1 is 0.846 bits per heavy atom. The quantitative estimate of drug-likeness (QED) is 0.333. The lowest BCUT2D eigenvalue weighted by Crippen LogP contribution is -2.62. The second kappa shape index (κ2) is 7.78. The van der Waals surface area contributed by atoms with Gasteiger partial charge in [0, 0.05) is 22.9 Å². The zero-order chi connectivity index (χ0) is 26.5. The number of para-hydroxylation sites is 2. The standard InChI is InChI=1S/C32H24ClN3O3/c33-23-11-5-10-22-27(23)35-30(39)32(22)31(21-9-3-4-12-24(21)34-29(31)38)26(25-13-6-16-36(25)32)28(37)20-15-14-18-7-1-2-8-19(18)17-20/h1-5,7-12,14-15,17,25-26H,6,13,16H2,(H,34,38)(H,35,39)/t25-,26+,31+,32+/m1/s1. The molecule has 4 aromatic carbocycles. The number of hydrogen-bond acceptors (Lipinski definition) is 4. The van der Waals surface area contributed by atoms with E-state index in [0.29, 0.717) is 46.1 Å². The lowest BCUT2D eigenvalue weighted by atomic mass is 9.57. The predicted molar refractivity (Wildman–Crippen MR) is 150 cm³/mol. The summed E-state index contributed by atoms with van der Waals surface area (Å²) in [5.74, 6) is -1.52. The molecule has 4 aliphatic rings. The van der Waals surface area contributed by atoms with Crippen molar-refractivity contribution >= 4 is 51.3 Å². The van der Waals surface area contributed by atoms with Crippen molar-refractivity contribution in [2.75, 3.05) is 17.2 Å². The third-order valence-electron chi connectivity index (χ3n) is 9.40. The molecular formula is C32H24ClN3O3. The molecule has 2 amide bonds. The summed E-state index contributed by atoms with van der Waals surface area (Å²) in [5.41, 5.74) is 0.162. The van der Waals surface area contributed by atoms with E-state index in [-0.39, 0.29) is 23.6 Å². The van der Waals surface area contributed by atoms with Crippen molar-refractivity contribution in [3.63, 3.8) is 0 Å². The van der Waals surface area contributed by atoms with Gasteiger partial charge in [-0.15, -0.1) is 0 Å². The molecule has 2 saturated heterocycles. The van der Waals surface area contributed by atoms with Gasteiger partial charge in [0.25, 0.3) is 5.91 Å². The Labute approximate surface area is 230 Å². The molecule has 7 heteroatoms. The van der Waals surface area contributed by atoms with Gasteiger partial charge >= 0.3 is 0 Å². The third-order valence-corrected chi connectivity index (χ3v) is 9.71. The number of benzene rings is 4. The Bertz CT molecular complexity index is 1770. The summed E-state index contributed by atoms with van der Waals surface area (Å²) >= 11 is 6.62. The first kappa shape index (κ1) is 22.9. The topological polar surface area (TPSA) is 78.5 Å². The number of carbonyl (C=O) groups is 3. The molecule has 0 saturated carbocycles. The van der Waals surface area contributed by atoms with Crippen LogP contribution in [-0.4, -0.2) is 35.1 Å². The van der Waals surface area contributed by atoms with Crippen LogP contribution in [0.4, 0.5) is 11.4 Å². The SMILES string of the molecule is O=C(c1ccc2ccccc2c1)[C@@H]1[C@H]2CCCN2[C@@]2(C(=O)Nc3c(Cl)cccc32)[C@]12C(=O)Nc1ccccc12. The highest BCUT2D eigenvalue weighted by atomic mass is 35.5. The van der Waals surface area contributed by atoms with Gasteiger partial charge in [-0.1, -0.05) is 78.3 Å². The minimum absolute atomic E-state index is 0.121. The first-order valence-electron chi connectivity index (χ1n) is 13.3. The molecule has 192 valence electrons. The molecule has 0 aromatic heterocycles. The summed E-state index contributed by atoms with van der Waals surface area (Å²) in [6.45, 7) is 0.600. The fraction of sp³-hybridized carbons (Fsp3) is 0.219. The monoisotopic (exact) mass is 533 g/mol. The molecule has 6 nitrogen and oxygen atoms in total. The fourth-order valence-corrected chi connectivity index (χ4v) is 8.31. The van der Waals surface area contributed by atoms with Crippen LogP contribution in [0.2, 0.25) is 5.02 Å². The zero-order valence-corrected chi connectivity index (χ0v) is 21.7. The van der Waals surface area contributed by atoms with Crippen LogP contribution in [0.15, 0.2) is 84.9 Å². The highest BCUT2D eigenvalue weighted by Crippen LogP contribution is 2.68. The van der Waals surface area contributed by atoms with Crippen LogP contribution in [0.1, 0.15) is 34.3 Å². The van der Waals surface area contributed by atoms with Crippen molar-refractivity contribution in [2.45, 2.75) is 29.8 Å². The molecule has 4 aromatic rings. The van der Waals surface area contributed by atoms with E-state index in [1.165, 1.54) is 0 Å². The molecule has 0 bridgehead atoms. The molecule has 2 N–H and O–H groups in total. The summed E-state index contributed by atoms with van der Waals surface area (Å²) in [5, 5.41) is 8.52. The van der Waals surface area contributed by atoms with Gasteiger partial charge in [0.2, 0.25) is 5.91 Å². The van der Waals surface area contributed by atoms with E-state index < -0.39 is 16.9 Å². The Kier molecular flexibility index (Phi) is 4.57. The van der Waals surface area contributed by atoms with Gasteiger partial charge in [0.15, 0.2) is 5.78 Å². The van der Waals surface area contributed by atoms with E-state index in [9.17, 15) is 14.4 Å². The molecule has 39 heavy (non-hydrogen) atoms. The molecule has 0 radical (unpaired) electrons. The van der Waals surface area contributed by atoms with Crippen LogP contribution >= 0.6 is 11.6 Å². The number of ketones is 1. The average Bonchev–Trinajstić information content (AvgIpc) is 3.67. The van der Waals surface area contributed by atoms with Gasteiger partial charge in [-0.2, -0.15) is 0 Å². The Balaban J connectivity index is 1.46. The van der Waals surface area contributed by atoms with Crippen LogP contribution in [0.3, 0.4) is 0 Å². The number of amides is 2. The second-order valence-electron chi connectivity index (χ2n) is 10.9. The zero-order valence-electron chi connectivity index (χ0n) is 20.9. The van der Waals surface area contributed by atoms with Crippen LogP contribution in [-0.2, 0) is 20.5 Å². The smallest absolute Gasteiger partial charge is 0.251 e. The van der Waals surface area contributed by atoms with Crippen LogP contribution in [0.5, 0.6) is 0 Å². The van der Waals surface area contributed by atoms with Gasteiger partial charge in [-0.25, -0.2) is 0 Å². The minimum atomic E-state index is -1.47. The van der Waals surface area contributed by atoms with E-state index in [1.807, 2.05) is 78.9 Å². The Morgan fingerprint density at radius 3 is 2.49 bits per heavy atom. The Morgan fingerprint density at radius 2 is 1.62 bits per heavy atom. The number of anilines is 2. The van der Waals surface area contributed by atoms with E-state index in [0.717, 1.165) is 17.2 Å². The van der Waals surface area contributed by atoms with Gasteiger partial charge in [0.1, 0.15) is 11.0 Å². The van der Waals surface area contributed by atoms with Crippen molar-refractivity contribution in [3.05, 3.63) is 107 Å². The van der Waals surface area contributed by atoms with Gasteiger partial charge in [-0.3, -0.25) is 19.3 Å². The largest absolute Gasteiger partial charge is 0.325 e. The minimum Gasteiger partial charge on any atom is -0.325 e. The first-order chi connectivity index (χ1) is 19.0. The van der Waals surface area contributed by atoms with Crippen molar-refractivity contribution in [2.24, 2.45) is 5.92 Å². The molecule has 2 fully saturated rings. The molecular weight excluding hydrogens is 510 g/mol. The Hall–Kier alpha value is -4.00. The molecule has 8 rings (SSSR count). The molecule has 4 aliphatic heterocycles. The van der Waals surface area contributed by atoms with Crippen LogP contribution in [0, 0.1) is 5.92 Å². The summed E-state index contributed by atoms with van der Waals surface area (Å²) < 4.78 is 0. The molecule has 4 heterocycles. The summed E-state index contributed by atoms with van der Waals surface area (Å²) in [7, 11) is 0. The summed E-state index contributed by atoms with van der Waals surface area (Å²) in [6.07, 6.45) is 1.54. The lowest BCUT2D eigenvalue weighted by Gasteiger charge is -2.43. The lowest BCUT2D eigenvalue weighted by molar-refractivity contribution is -0.137. The second-order valence-corrected chi connectivity index (χ2v) is 11.3. The van der Waals surface area contributed by atoms with Crippen molar-refractivity contribution in [3.8, 4) is 0 Å². The number of halogens is 1. The first-order valence-corrected chi connectivity index (χ1v) is 13.7. The number of nitrogens with one attached hydrogen (secondary N) is 2. The number of fused-ring (bicyclic) bond motifs is 8. The number of carbonyl (C=O) groups excluding carboxylic acids is 3. The van der Waals surface area contributed by atoms with Gasteiger partial charge in [0.05, 0.1) is 16.6 Å². The van der Waals surface area contributed by atoms with Crippen molar-refractivity contribution < 1.29 is 14.4 Å². The van der Waals surface area contributed by atoms with E-state index >= 15 is 0 Å². The van der Waals surface area contributed by atoms with E-state index in [1.54, 1.807) is 6.07 Å². The number of rotatable bonds is 2. The maximum absolute atomic E-state index is 14.8. The summed E-state index contributed by atoms with van der Waals surface area (Å²) in [4.78, 5) is 45.9. The van der Waals surface area contributed by atoms with Crippen LogP contribution in [0.25, 0.3) is 10.8 Å². The third kappa shape index (κ3) is 2.59. The number of hydrogen-bond donors (Lipinski definition) is 2. The number of Topliss-reactive ketones (excluding diaryl/α,β-unsaturated/α-hetero) is 1. The fourth-order valence-electron chi connectivity index (χ4n) is 8.09. The van der Waals surface area contributed by atoms with Crippen molar-refractivity contribution in [1.82, 2.24) is 4.90 Å². The predicted octanol–water partition coefficient (Wildman–Crippen LogP) is 5.51. The normalized spacial score (nSPS) is 28.5. The summed E-state index contributed by atoms with van der Waals surface area (Å²) in [6, 6.07) is 26.3. The van der Waals surface area contributed by atoms with E-state index in [4.69, 9.17) is 11.6 Å². The van der Waals surface area contributed by atoms with Crippen molar-refractivity contribution in [1.29, 1.82) is 0 Å². The molecule has 0 unspecified atom stereocenters. The van der Waals surface area contributed by atoms with Gasteiger partial charge < -0.3 is 10.6 Å². The highest BCUT2D eigenvalue weighted by Gasteiger charge is 2.81. The van der Waals surface area contributed by atoms with E-state index in [2.05, 4.69) is 15.5 Å². The average molecular weight is 534 g/mol. The maximum atomic E-state index is 14.8.